The normalized spacial score (nSPS) is 13.4. The maximum absolute atomic E-state index is 11.5. The van der Waals surface area contributed by atoms with Crippen molar-refractivity contribution in [3.63, 3.8) is 0 Å². The van der Waals surface area contributed by atoms with Gasteiger partial charge in [0.15, 0.2) is 0 Å². The summed E-state index contributed by atoms with van der Waals surface area (Å²) in [5, 5.41) is 13.9. The molecule has 5 heteroatoms. The minimum Gasteiger partial charge on any atom is -0.392 e. The van der Waals surface area contributed by atoms with Crippen molar-refractivity contribution in [3.8, 4) is 0 Å². The molecule has 0 unspecified atom stereocenters. The average molecular weight is 264 g/mol. The molecule has 1 aromatic rings. The van der Waals surface area contributed by atoms with Crippen LogP contribution in [0.5, 0.6) is 0 Å². The van der Waals surface area contributed by atoms with Gasteiger partial charge in [0.2, 0.25) is 0 Å². The van der Waals surface area contributed by atoms with Crippen LogP contribution in [0.3, 0.4) is 0 Å². The summed E-state index contributed by atoms with van der Waals surface area (Å²) in [6.45, 7) is 3.98. The predicted molar refractivity (Wildman–Crippen MR) is 72.6 cm³/mol. The second-order valence-electron chi connectivity index (χ2n) is 4.58. The molecule has 0 aliphatic carbocycles. The number of amides is 2. The molecule has 0 spiro atoms. The maximum Gasteiger partial charge on any atom is 0.309 e. The van der Waals surface area contributed by atoms with Crippen LogP contribution < -0.4 is 10.6 Å². The zero-order chi connectivity index (χ0) is 14.3. The zero-order valence-corrected chi connectivity index (χ0v) is 11.2. The molecule has 19 heavy (non-hydrogen) atoms. The molecule has 2 atom stereocenters. The summed E-state index contributed by atoms with van der Waals surface area (Å²) in [5.74, 6) is -1.26. The van der Waals surface area contributed by atoms with Gasteiger partial charge in [0.05, 0.1) is 6.10 Å². The van der Waals surface area contributed by atoms with E-state index < -0.39 is 17.9 Å². The number of rotatable bonds is 5. The summed E-state index contributed by atoms with van der Waals surface area (Å²) in [7, 11) is 0. The van der Waals surface area contributed by atoms with Gasteiger partial charge in [-0.1, -0.05) is 37.3 Å². The van der Waals surface area contributed by atoms with Gasteiger partial charge >= 0.3 is 11.8 Å². The van der Waals surface area contributed by atoms with Crippen LogP contribution in [0.25, 0.3) is 0 Å². The van der Waals surface area contributed by atoms with Gasteiger partial charge in [-0.05, 0) is 18.4 Å². The van der Waals surface area contributed by atoms with Crippen molar-refractivity contribution < 1.29 is 14.7 Å². The van der Waals surface area contributed by atoms with E-state index in [0.717, 1.165) is 5.56 Å². The first kappa shape index (κ1) is 15.2. The van der Waals surface area contributed by atoms with E-state index >= 15 is 0 Å². The van der Waals surface area contributed by atoms with Gasteiger partial charge in [-0.3, -0.25) is 9.59 Å². The number of aliphatic hydroxyl groups is 1. The Hall–Kier alpha value is -1.88. The molecule has 0 fully saturated rings. The molecule has 1 aromatic carbocycles. The van der Waals surface area contributed by atoms with E-state index in [9.17, 15) is 9.59 Å². The average Bonchev–Trinajstić information content (AvgIpc) is 2.42. The number of hydrogen-bond donors (Lipinski definition) is 3. The van der Waals surface area contributed by atoms with Crippen LogP contribution >= 0.6 is 0 Å². The third-order valence-electron chi connectivity index (χ3n) is 2.70. The molecule has 0 radical (unpaired) electrons. The minimum absolute atomic E-state index is 0.0699. The molecule has 0 aliphatic rings. The minimum atomic E-state index is -0.721. The zero-order valence-electron chi connectivity index (χ0n) is 11.2. The Balaban J connectivity index is 2.36. The van der Waals surface area contributed by atoms with Gasteiger partial charge in [-0.15, -0.1) is 0 Å². The second-order valence-corrected chi connectivity index (χ2v) is 4.58. The van der Waals surface area contributed by atoms with Gasteiger partial charge in [0.25, 0.3) is 0 Å². The Labute approximate surface area is 113 Å². The van der Waals surface area contributed by atoms with Crippen molar-refractivity contribution in [2.24, 2.45) is 0 Å². The van der Waals surface area contributed by atoms with Gasteiger partial charge in [0.1, 0.15) is 0 Å². The first-order valence-electron chi connectivity index (χ1n) is 6.29. The Morgan fingerprint density at radius 2 is 1.58 bits per heavy atom. The summed E-state index contributed by atoms with van der Waals surface area (Å²) in [4.78, 5) is 22.8. The van der Waals surface area contributed by atoms with Crippen LogP contribution in [0.4, 0.5) is 0 Å². The topological polar surface area (TPSA) is 78.4 Å². The third kappa shape index (κ3) is 5.52. The highest BCUT2D eigenvalue weighted by atomic mass is 16.3. The number of carbonyl (C=O) groups excluding carboxylic acids is 2. The van der Waals surface area contributed by atoms with Crippen molar-refractivity contribution in [2.45, 2.75) is 25.9 Å². The summed E-state index contributed by atoms with van der Waals surface area (Å²) in [6.07, 6.45) is -0.667. The van der Waals surface area contributed by atoms with E-state index in [1.54, 1.807) is 0 Å². The highest BCUT2D eigenvalue weighted by Crippen LogP contribution is 2.12. The standard InChI is InChI=1S/C14H20N2O3/c1-10(12-6-4-3-5-7-12)8-15-13(18)14(19)16-9-11(2)17/h3-7,10-11,17H,8-9H2,1-2H3,(H,15,18)(H,16,19)/t10-,11-/m0/s1. The Kier molecular flexibility index (Phi) is 6.02. The fraction of sp³-hybridized carbons (Fsp3) is 0.429. The molecule has 1 rings (SSSR count). The van der Waals surface area contributed by atoms with Crippen molar-refractivity contribution in [2.75, 3.05) is 13.1 Å². The van der Waals surface area contributed by atoms with Crippen molar-refractivity contribution in [1.29, 1.82) is 0 Å². The summed E-state index contributed by atoms with van der Waals surface area (Å²) in [6, 6.07) is 9.75. The molecule has 0 aliphatic heterocycles. The molecule has 2 amide bonds. The first-order valence-corrected chi connectivity index (χ1v) is 6.29. The summed E-state index contributed by atoms with van der Waals surface area (Å²) in [5.41, 5.74) is 1.10. The highest BCUT2D eigenvalue weighted by molar-refractivity contribution is 6.35. The molecular weight excluding hydrogens is 244 g/mol. The molecule has 0 saturated heterocycles. The van der Waals surface area contributed by atoms with Crippen LogP contribution in [0.2, 0.25) is 0 Å². The Morgan fingerprint density at radius 1 is 1.05 bits per heavy atom. The lowest BCUT2D eigenvalue weighted by Crippen LogP contribution is -2.43. The molecule has 3 N–H and O–H groups in total. The molecule has 5 nitrogen and oxygen atoms in total. The lowest BCUT2D eigenvalue weighted by molar-refractivity contribution is -0.139. The predicted octanol–water partition coefficient (Wildman–Crippen LogP) is 0.403. The van der Waals surface area contributed by atoms with Crippen LogP contribution in [0.1, 0.15) is 25.3 Å². The van der Waals surface area contributed by atoms with E-state index in [1.807, 2.05) is 37.3 Å². The van der Waals surface area contributed by atoms with Crippen LogP contribution in [0, 0.1) is 0 Å². The van der Waals surface area contributed by atoms with Gasteiger partial charge in [-0.25, -0.2) is 0 Å². The summed E-state index contributed by atoms with van der Waals surface area (Å²) >= 11 is 0. The number of nitrogens with one attached hydrogen (secondary N) is 2. The largest absolute Gasteiger partial charge is 0.392 e. The van der Waals surface area contributed by atoms with Gasteiger partial charge < -0.3 is 15.7 Å². The second kappa shape index (κ2) is 7.53. The van der Waals surface area contributed by atoms with Crippen molar-refractivity contribution in [3.05, 3.63) is 35.9 Å². The lowest BCUT2D eigenvalue weighted by atomic mass is 10.0. The number of aliphatic hydroxyl groups excluding tert-OH is 1. The van der Waals surface area contributed by atoms with Gasteiger partial charge in [-0.2, -0.15) is 0 Å². The molecule has 0 heterocycles. The third-order valence-corrected chi connectivity index (χ3v) is 2.70. The number of benzene rings is 1. The van der Waals surface area contributed by atoms with Crippen LogP contribution in [-0.2, 0) is 9.59 Å². The number of carbonyl (C=O) groups is 2. The lowest BCUT2D eigenvalue weighted by Gasteiger charge is -2.13. The summed E-state index contributed by atoms with van der Waals surface area (Å²) < 4.78 is 0. The maximum atomic E-state index is 11.5. The van der Waals surface area contributed by atoms with Crippen molar-refractivity contribution >= 4 is 11.8 Å². The molecular formula is C14H20N2O3. The number of hydrogen-bond acceptors (Lipinski definition) is 3. The van der Waals surface area contributed by atoms with Crippen LogP contribution in [-0.4, -0.2) is 36.1 Å². The van der Waals surface area contributed by atoms with Crippen molar-refractivity contribution in [1.82, 2.24) is 10.6 Å². The molecule has 0 saturated carbocycles. The Morgan fingerprint density at radius 3 is 2.11 bits per heavy atom. The highest BCUT2D eigenvalue weighted by Gasteiger charge is 2.14. The quantitative estimate of drug-likeness (QED) is 0.674. The smallest absolute Gasteiger partial charge is 0.309 e. The van der Waals surface area contributed by atoms with E-state index in [2.05, 4.69) is 10.6 Å². The van der Waals surface area contributed by atoms with Gasteiger partial charge in [0, 0.05) is 13.1 Å². The van der Waals surface area contributed by atoms with E-state index in [4.69, 9.17) is 5.11 Å². The molecule has 0 bridgehead atoms. The fourth-order valence-electron chi connectivity index (χ4n) is 1.55. The first-order chi connectivity index (χ1) is 9.00. The molecule has 104 valence electrons. The van der Waals surface area contributed by atoms with Crippen LogP contribution in [0.15, 0.2) is 30.3 Å². The Bertz CT molecular complexity index is 418. The van der Waals surface area contributed by atoms with E-state index in [1.165, 1.54) is 6.92 Å². The van der Waals surface area contributed by atoms with E-state index in [-0.39, 0.29) is 12.5 Å². The fourth-order valence-corrected chi connectivity index (χ4v) is 1.55. The monoisotopic (exact) mass is 264 g/mol. The SMILES string of the molecule is C[C@H](O)CNC(=O)C(=O)NC[C@H](C)c1ccccc1. The van der Waals surface area contributed by atoms with E-state index in [0.29, 0.717) is 6.54 Å². The molecule has 0 aromatic heterocycles.